The van der Waals surface area contributed by atoms with Crippen LogP contribution in [0.1, 0.15) is 13.8 Å². The van der Waals surface area contributed by atoms with Crippen LogP contribution >= 0.6 is 0 Å². The third-order valence-electron chi connectivity index (χ3n) is 2.00. The van der Waals surface area contributed by atoms with E-state index in [2.05, 4.69) is 5.32 Å². The van der Waals surface area contributed by atoms with E-state index in [0.717, 1.165) is 4.90 Å². The van der Waals surface area contributed by atoms with E-state index in [1.807, 2.05) is 13.8 Å². The summed E-state index contributed by atoms with van der Waals surface area (Å²) in [6, 6.07) is -2.15. The molecule has 5 N–H and O–H groups in total. The molecule has 0 radical (unpaired) electrons. The zero-order chi connectivity index (χ0) is 14.3. The van der Waals surface area contributed by atoms with Gasteiger partial charge in [-0.3, -0.25) is 4.79 Å². The fourth-order valence-corrected chi connectivity index (χ4v) is 1.27. The number of aliphatic hydroxyl groups excluding tert-OH is 1. The van der Waals surface area contributed by atoms with Gasteiger partial charge in [0.05, 0.1) is 6.61 Å². The average Bonchev–Trinajstić information content (AvgIpc) is 2.22. The maximum atomic E-state index is 11.7. The van der Waals surface area contributed by atoms with Gasteiger partial charge in [-0.1, -0.05) is 13.8 Å². The van der Waals surface area contributed by atoms with Crippen LogP contribution in [0.3, 0.4) is 0 Å². The number of nitrogens with zero attached hydrogens (tertiary/aromatic N) is 1. The summed E-state index contributed by atoms with van der Waals surface area (Å²) >= 11 is 0. The van der Waals surface area contributed by atoms with Gasteiger partial charge in [0.1, 0.15) is 6.54 Å². The van der Waals surface area contributed by atoms with Crippen molar-refractivity contribution in [2.45, 2.75) is 19.9 Å². The van der Waals surface area contributed by atoms with Crippen LogP contribution in [-0.2, 0) is 9.59 Å². The van der Waals surface area contributed by atoms with Gasteiger partial charge in [0.2, 0.25) is 5.91 Å². The summed E-state index contributed by atoms with van der Waals surface area (Å²) in [5, 5.41) is 19.6. The SMILES string of the molecule is CC(C)CN(CC(N)=O)C(=O)NC(CO)C(=O)O. The third kappa shape index (κ3) is 6.04. The van der Waals surface area contributed by atoms with Gasteiger partial charge < -0.3 is 26.2 Å². The lowest BCUT2D eigenvalue weighted by Gasteiger charge is -2.25. The molecule has 0 aliphatic rings. The lowest BCUT2D eigenvalue weighted by atomic mass is 10.2. The molecule has 1 unspecified atom stereocenters. The molecule has 0 aromatic carbocycles. The van der Waals surface area contributed by atoms with E-state index in [1.165, 1.54) is 0 Å². The molecule has 104 valence electrons. The topological polar surface area (TPSA) is 133 Å². The molecule has 3 amide bonds. The predicted molar refractivity (Wildman–Crippen MR) is 62.6 cm³/mol. The monoisotopic (exact) mass is 261 g/mol. The van der Waals surface area contributed by atoms with Crippen molar-refractivity contribution in [3.63, 3.8) is 0 Å². The van der Waals surface area contributed by atoms with Gasteiger partial charge in [-0.05, 0) is 5.92 Å². The van der Waals surface area contributed by atoms with Crippen molar-refractivity contribution in [1.29, 1.82) is 0 Å². The van der Waals surface area contributed by atoms with E-state index in [4.69, 9.17) is 15.9 Å². The van der Waals surface area contributed by atoms with Gasteiger partial charge in [0, 0.05) is 6.54 Å². The Morgan fingerprint density at radius 3 is 2.22 bits per heavy atom. The van der Waals surface area contributed by atoms with E-state index in [9.17, 15) is 14.4 Å². The standard InChI is InChI=1S/C10H19N3O5/c1-6(2)3-13(4-8(11)15)10(18)12-7(5-14)9(16)17/h6-7,14H,3-5H2,1-2H3,(H2,11,15)(H,12,18)(H,16,17). The minimum absolute atomic E-state index is 0.0903. The first-order valence-electron chi connectivity index (χ1n) is 5.45. The normalized spacial score (nSPS) is 12.0. The summed E-state index contributed by atoms with van der Waals surface area (Å²) < 4.78 is 0. The molecule has 18 heavy (non-hydrogen) atoms. The summed E-state index contributed by atoms with van der Waals surface area (Å²) in [4.78, 5) is 34.3. The number of primary amides is 1. The number of hydrogen-bond donors (Lipinski definition) is 4. The number of rotatable bonds is 7. The van der Waals surface area contributed by atoms with Crippen molar-refractivity contribution < 1.29 is 24.6 Å². The van der Waals surface area contributed by atoms with Gasteiger partial charge in [-0.25, -0.2) is 9.59 Å². The Labute approximate surface area is 105 Å². The average molecular weight is 261 g/mol. The Bertz CT molecular complexity index is 319. The molecule has 0 aliphatic heterocycles. The molecule has 0 rings (SSSR count). The van der Waals surface area contributed by atoms with Gasteiger partial charge in [0.15, 0.2) is 6.04 Å². The van der Waals surface area contributed by atoms with Crippen molar-refractivity contribution >= 4 is 17.9 Å². The molecule has 0 aromatic rings. The number of carbonyl (C=O) groups is 3. The van der Waals surface area contributed by atoms with E-state index >= 15 is 0 Å². The number of urea groups is 1. The minimum atomic E-state index is -1.40. The molecule has 8 heteroatoms. The molecule has 0 spiro atoms. The highest BCUT2D eigenvalue weighted by Gasteiger charge is 2.23. The first-order valence-corrected chi connectivity index (χ1v) is 5.45. The van der Waals surface area contributed by atoms with E-state index < -0.39 is 30.6 Å². The quantitative estimate of drug-likeness (QED) is 0.446. The summed E-state index contributed by atoms with van der Waals surface area (Å²) in [6.07, 6.45) is 0. The maximum Gasteiger partial charge on any atom is 0.328 e. The number of amides is 3. The molecular weight excluding hydrogens is 242 g/mol. The Morgan fingerprint density at radius 1 is 1.33 bits per heavy atom. The van der Waals surface area contributed by atoms with Crippen LogP contribution in [0.25, 0.3) is 0 Å². The number of carbonyl (C=O) groups excluding carboxylic acids is 2. The summed E-state index contributed by atoms with van der Waals surface area (Å²) in [7, 11) is 0. The highest BCUT2D eigenvalue weighted by atomic mass is 16.4. The number of aliphatic carboxylic acids is 1. The molecule has 0 bridgehead atoms. The molecule has 0 aromatic heterocycles. The summed E-state index contributed by atoms with van der Waals surface area (Å²) in [6.45, 7) is 2.89. The highest BCUT2D eigenvalue weighted by Crippen LogP contribution is 1.99. The van der Waals surface area contributed by atoms with Crippen LogP contribution in [0.4, 0.5) is 4.79 Å². The Balaban J connectivity index is 4.63. The van der Waals surface area contributed by atoms with Crippen molar-refractivity contribution in [1.82, 2.24) is 10.2 Å². The lowest BCUT2D eigenvalue weighted by Crippen LogP contribution is -2.52. The molecule has 0 aliphatic carbocycles. The lowest BCUT2D eigenvalue weighted by molar-refractivity contribution is -0.140. The number of nitrogens with two attached hydrogens (primary N) is 1. The second-order valence-electron chi connectivity index (χ2n) is 4.26. The fourth-order valence-electron chi connectivity index (χ4n) is 1.27. The number of nitrogens with one attached hydrogen (secondary N) is 1. The molecular formula is C10H19N3O5. The van der Waals surface area contributed by atoms with Gasteiger partial charge in [0.25, 0.3) is 0 Å². The smallest absolute Gasteiger partial charge is 0.328 e. The zero-order valence-electron chi connectivity index (χ0n) is 10.4. The van der Waals surface area contributed by atoms with Crippen LogP contribution in [0.15, 0.2) is 0 Å². The van der Waals surface area contributed by atoms with Gasteiger partial charge in [-0.15, -0.1) is 0 Å². The van der Waals surface area contributed by atoms with Gasteiger partial charge in [-0.2, -0.15) is 0 Å². The second kappa shape index (κ2) is 7.49. The van der Waals surface area contributed by atoms with Crippen LogP contribution < -0.4 is 11.1 Å². The molecule has 1 atom stereocenters. The summed E-state index contributed by atoms with van der Waals surface area (Å²) in [5.74, 6) is -1.96. The Morgan fingerprint density at radius 2 is 1.89 bits per heavy atom. The Hall–Kier alpha value is -1.83. The number of aliphatic hydroxyl groups is 1. The zero-order valence-corrected chi connectivity index (χ0v) is 10.4. The first kappa shape index (κ1) is 16.2. The van der Waals surface area contributed by atoms with E-state index in [0.29, 0.717) is 0 Å². The fraction of sp³-hybridized carbons (Fsp3) is 0.700. The van der Waals surface area contributed by atoms with Crippen molar-refractivity contribution in [2.75, 3.05) is 19.7 Å². The van der Waals surface area contributed by atoms with Crippen LogP contribution in [-0.4, -0.2) is 58.8 Å². The van der Waals surface area contributed by atoms with Crippen LogP contribution in [0, 0.1) is 5.92 Å². The Kier molecular flexibility index (Phi) is 6.73. The molecule has 0 saturated carbocycles. The van der Waals surface area contributed by atoms with Crippen molar-refractivity contribution in [2.24, 2.45) is 11.7 Å². The predicted octanol–water partition coefficient (Wildman–Crippen LogP) is -1.42. The van der Waals surface area contributed by atoms with Crippen molar-refractivity contribution in [3.8, 4) is 0 Å². The highest BCUT2D eigenvalue weighted by molar-refractivity contribution is 5.86. The molecule has 8 nitrogen and oxygen atoms in total. The number of carboxylic acids is 1. The molecule has 0 fully saturated rings. The van der Waals surface area contributed by atoms with Gasteiger partial charge >= 0.3 is 12.0 Å². The van der Waals surface area contributed by atoms with Crippen LogP contribution in [0.2, 0.25) is 0 Å². The number of carboxylic acid groups (broad SMARTS) is 1. The second-order valence-corrected chi connectivity index (χ2v) is 4.26. The summed E-state index contributed by atoms with van der Waals surface area (Å²) in [5.41, 5.74) is 5.00. The first-order chi connectivity index (χ1) is 8.27. The molecule has 0 heterocycles. The number of hydrogen-bond acceptors (Lipinski definition) is 4. The molecule has 0 saturated heterocycles. The third-order valence-corrected chi connectivity index (χ3v) is 2.00. The van der Waals surface area contributed by atoms with Crippen LogP contribution in [0.5, 0.6) is 0 Å². The van der Waals surface area contributed by atoms with E-state index in [-0.39, 0.29) is 19.0 Å². The van der Waals surface area contributed by atoms with Crippen molar-refractivity contribution in [3.05, 3.63) is 0 Å². The minimum Gasteiger partial charge on any atom is -0.480 e. The maximum absolute atomic E-state index is 11.7. The van der Waals surface area contributed by atoms with E-state index in [1.54, 1.807) is 0 Å². The largest absolute Gasteiger partial charge is 0.480 e.